The fourth-order valence-corrected chi connectivity index (χ4v) is 4.39. The van der Waals surface area contributed by atoms with E-state index in [1.807, 2.05) is 0 Å². The summed E-state index contributed by atoms with van der Waals surface area (Å²) < 4.78 is 0. The lowest BCUT2D eigenvalue weighted by atomic mass is 10.0. The van der Waals surface area contributed by atoms with E-state index in [0.29, 0.717) is 0 Å². The van der Waals surface area contributed by atoms with Gasteiger partial charge in [0.25, 0.3) is 0 Å². The standard InChI is InChI=1S/C14H26N2/c1-11-5-13-9-16(10-14(13)6-11)8-12-3-4-15(2)7-12/h11-14H,3-10H2,1-2H3. The SMILES string of the molecule is CC1CC2CN(CC3CCN(C)C3)CC2C1. The molecule has 2 saturated heterocycles. The third-order valence-corrected chi connectivity index (χ3v) is 5.07. The number of fused-ring (bicyclic) bond motifs is 1. The van der Waals surface area contributed by atoms with Gasteiger partial charge >= 0.3 is 0 Å². The molecule has 3 rings (SSSR count). The molecule has 3 atom stereocenters. The van der Waals surface area contributed by atoms with Crippen LogP contribution in [0.4, 0.5) is 0 Å². The Bertz CT molecular complexity index is 239. The molecule has 1 saturated carbocycles. The van der Waals surface area contributed by atoms with E-state index in [4.69, 9.17) is 0 Å². The van der Waals surface area contributed by atoms with E-state index in [1.54, 1.807) is 0 Å². The Morgan fingerprint density at radius 2 is 1.75 bits per heavy atom. The molecular formula is C14H26N2. The van der Waals surface area contributed by atoms with Crippen LogP contribution in [0.1, 0.15) is 26.2 Å². The first-order chi connectivity index (χ1) is 7.70. The topological polar surface area (TPSA) is 6.48 Å². The van der Waals surface area contributed by atoms with Gasteiger partial charge in [0.2, 0.25) is 0 Å². The second-order valence-electron chi connectivity index (χ2n) is 6.73. The van der Waals surface area contributed by atoms with E-state index in [9.17, 15) is 0 Å². The van der Waals surface area contributed by atoms with Crippen LogP contribution in [-0.2, 0) is 0 Å². The van der Waals surface area contributed by atoms with Gasteiger partial charge in [0.05, 0.1) is 0 Å². The maximum atomic E-state index is 2.77. The van der Waals surface area contributed by atoms with Gasteiger partial charge in [-0.1, -0.05) is 6.92 Å². The Balaban J connectivity index is 1.48. The summed E-state index contributed by atoms with van der Waals surface area (Å²) in [6.07, 6.45) is 4.44. The first-order valence-corrected chi connectivity index (χ1v) is 7.11. The van der Waals surface area contributed by atoms with Gasteiger partial charge in [0, 0.05) is 26.2 Å². The van der Waals surface area contributed by atoms with Crippen molar-refractivity contribution in [1.82, 2.24) is 9.80 Å². The van der Waals surface area contributed by atoms with E-state index < -0.39 is 0 Å². The molecule has 0 aromatic carbocycles. The van der Waals surface area contributed by atoms with Crippen LogP contribution < -0.4 is 0 Å². The molecule has 92 valence electrons. The van der Waals surface area contributed by atoms with Crippen LogP contribution in [0.2, 0.25) is 0 Å². The quantitative estimate of drug-likeness (QED) is 0.704. The van der Waals surface area contributed by atoms with Gasteiger partial charge in [-0.25, -0.2) is 0 Å². The lowest BCUT2D eigenvalue weighted by Crippen LogP contribution is -2.29. The summed E-state index contributed by atoms with van der Waals surface area (Å²) in [4.78, 5) is 5.26. The van der Waals surface area contributed by atoms with Gasteiger partial charge in [0.1, 0.15) is 0 Å². The molecule has 0 bridgehead atoms. The van der Waals surface area contributed by atoms with Crippen LogP contribution in [-0.4, -0.2) is 49.6 Å². The van der Waals surface area contributed by atoms with E-state index in [1.165, 1.54) is 52.0 Å². The highest BCUT2D eigenvalue weighted by atomic mass is 15.2. The second-order valence-corrected chi connectivity index (χ2v) is 6.73. The largest absolute Gasteiger partial charge is 0.306 e. The maximum Gasteiger partial charge on any atom is 0.00226 e. The summed E-state index contributed by atoms with van der Waals surface area (Å²) in [7, 11) is 2.26. The molecule has 1 aliphatic carbocycles. The van der Waals surface area contributed by atoms with Crippen molar-refractivity contribution in [1.29, 1.82) is 0 Å². The van der Waals surface area contributed by atoms with E-state index >= 15 is 0 Å². The average molecular weight is 222 g/mol. The molecule has 0 N–H and O–H groups in total. The van der Waals surface area contributed by atoms with Gasteiger partial charge in [0.15, 0.2) is 0 Å². The minimum atomic E-state index is 0.959. The fraction of sp³-hybridized carbons (Fsp3) is 1.00. The Morgan fingerprint density at radius 3 is 2.31 bits per heavy atom. The molecular weight excluding hydrogens is 196 g/mol. The van der Waals surface area contributed by atoms with Crippen LogP contribution in [0.5, 0.6) is 0 Å². The monoisotopic (exact) mass is 222 g/mol. The molecule has 2 heteroatoms. The number of nitrogens with zero attached hydrogens (tertiary/aromatic N) is 2. The summed E-state index contributed by atoms with van der Waals surface area (Å²) in [5.74, 6) is 4.07. The normalized spacial score (nSPS) is 45.4. The van der Waals surface area contributed by atoms with Gasteiger partial charge in [-0.3, -0.25) is 0 Å². The first-order valence-electron chi connectivity index (χ1n) is 7.11. The molecule has 3 aliphatic rings. The summed E-state index contributed by atoms with van der Waals surface area (Å²) in [6, 6.07) is 0. The first kappa shape index (κ1) is 11.0. The summed E-state index contributed by atoms with van der Waals surface area (Å²) in [5, 5.41) is 0. The van der Waals surface area contributed by atoms with Crippen molar-refractivity contribution in [2.45, 2.75) is 26.2 Å². The van der Waals surface area contributed by atoms with Gasteiger partial charge in [-0.15, -0.1) is 0 Å². The minimum Gasteiger partial charge on any atom is -0.306 e. The molecule has 16 heavy (non-hydrogen) atoms. The average Bonchev–Trinajstić information content (AvgIpc) is 2.81. The summed E-state index contributed by atoms with van der Waals surface area (Å²) in [6.45, 7) is 9.30. The molecule has 0 radical (unpaired) electrons. The van der Waals surface area contributed by atoms with E-state index in [2.05, 4.69) is 23.8 Å². The molecule has 3 fully saturated rings. The molecule has 0 spiro atoms. The minimum absolute atomic E-state index is 0.959. The van der Waals surface area contributed by atoms with E-state index in [-0.39, 0.29) is 0 Å². The molecule has 2 heterocycles. The van der Waals surface area contributed by atoms with Gasteiger partial charge in [-0.2, -0.15) is 0 Å². The van der Waals surface area contributed by atoms with Crippen molar-refractivity contribution in [3.05, 3.63) is 0 Å². The van der Waals surface area contributed by atoms with E-state index in [0.717, 1.165) is 23.7 Å². The molecule has 2 aliphatic heterocycles. The lowest BCUT2D eigenvalue weighted by molar-refractivity contribution is 0.252. The Labute approximate surface area is 100.0 Å². The number of hydrogen-bond donors (Lipinski definition) is 0. The Kier molecular flexibility index (Phi) is 2.97. The predicted molar refractivity (Wildman–Crippen MR) is 67.4 cm³/mol. The zero-order valence-electron chi connectivity index (χ0n) is 10.9. The second kappa shape index (κ2) is 4.30. The zero-order valence-corrected chi connectivity index (χ0v) is 10.9. The zero-order chi connectivity index (χ0) is 11.1. The smallest absolute Gasteiger partial charge is 0.00226 e. The van der Waals surface area contributed by atoms with Gasteiger partial charge in [-0.05, 0) is 56.5 Å². The molecule has 0 amide bonds. The van der Waals surface area contributed by atoms with Crippen molar-refractivity contribution in [2.75, 3.05) is 39.8 Å². The van der Waals surface area contributed by atoms with Crippen LogP contribution in [0.3, 0.4) is 0 Å². The van der Waals surface area contributed by atoms with Gasteiger partial charge < -0.3 is 9.80 Å². The van der Waals surface area contributed by atoms with Crippen LogP contribution >= 0.6 is 0 Å². The highest BCUT2D eigenvalue weighted by Crippen LogP contribution is 2.41. The number of likely N-dealkylation sites (tertiary alicyclic amines) is 2. The fourth-order valence-electron chi connectivity index (χ4n) is 4.39. The summed E-state index contributed by atoms with van der Waals surface area (Å²) >= 11 is 0. The molecule has 0 aromatic rings. The molecule has 2 nitrogen and oxygen atoms in total. The molecule has 3 unspecified atom stereocenters. The Morgan fingerprint density at radius 1 is 1.06 bits per heavy atom. The number of hydrogen-bond acceptors (Lipinski definition) is 2. The van der Waals surface area contributed by atoms with Crippen LogP contribution in [0, 0.1) is 23.7 Å². The highest BCUT2D eigenvalue weighted by Gasteiger charge is 2.39. The Hall–Kier alpha value is -0.0800. The van der Waals surface area contributed by atoms with Crippen molar-refractivity contribution in [3.63, 3.8) is 0 Å². The van der Waals surface area contributed by atoms with Crippen LogP contribution in [0.15, 0.2) is 0 Å². The molecule has 0 aromatic heterocycles. The maximum absolute atomic E-state index is 2.77. The third-order valence-electron chi connectivity index (χ3n) is 5.07. The van der Waals surface area contributed by atoms with Crippen molar-refractivity contribution in [2.24, 2.45) is 23.7 Å². The third kappa shape index (κ3) is 2.14. The number of rotatable bonds is 2. The van der Waals surface area contributed by atoms with Crippen molar-refractivity contribution in [3.8, 4) is 0 Å². The van der Waals surface area contributed by atoms with Crippen molar-refractivity contribution < 1.29 is 0 Å². The van der Waals surface area contributed by atoms with Crippen molar-refractivity contribution >= 4 is 0 Å². The predicted octanol–water partition coefficient (Wildman–Crippen LogP) is 1.92. The highest BCUT2D eigenvalue weighted by molar-refractivity contribution is 4.92. The van der Waals surface area contributed by atoms with Crippen LogP contribution in [0.25, 0.3) is 0 Å². The summed E-state index contributed by atoms with van der Waals surface area (Å²) in [5.41, 5.74) is 0. The lowest BCUT2D eigenvalue weighted by Gasteiger charge is -2.21.